The molecule has 0 fully saturated rings. The van der Waals surface area contributed by atoms with Gasteiger partial charge in [0.25, 0.3) is 0 Å². The first kappa shape index (κ1) is 15.7. The van der Waals surface area contributed by atoms with Crippen molar-refractivity contribution < 1.29 is 14.0 Å². The molecule has 22 heavy (non-hydrogen) atoms. The van der Waals surface area contributed by atoms with E-state index in [0.29, 0.717) is 5.69 Å². The van der Waals surface area contributed by atoms with E-state index in [1.165, 1.54) is 12.1 Å². The average Bonchev–Trinajstić information content (AvgIpc) is 2.50. The number of hydrogen-bond donors (Lipinski definition) is 2. The van der Waals surface area contributed by atoms with Gasteiger partial charge in [-0.2, -0.15) is 0 Å². The number of carbonyl (C=O) groups excluding carboxylic acids is 2. The molecule has 0 aromatic heterocycles. The Hall–Kier alpha value is -2.69. The highest BCUT2D eigenvalue weighted by Gasteiger charge is 2.15. The quantitative estimate of drug-likeness (QED) is 0.856. The van der Waals surface area contributed by atoms with E-state index in [1.807, 2.05) is 32.0 Å². The molecule has 0 unspecified atom stereocenters. The van der Waals surface area contributed by atoms with Gasteiger partial charge in [-0.3, -0.25) is 9.59 Å². The molecule has 2 aromatic carbocycles. The minimum absolute atomic E-state index is 0.166. The lowest BCUT2D eigenvalue weighted by Crippen LogP contribution is -2.35. The maximum atomic E-state index is 12.8. The van der Waals surface area contributed by atoms with E-state index in [1.54, 1.807) is 12.1 Å². The van der Waals surface area contributed by atoms with Crippen LogP contribution in [0.15, 0.2) is 42.5 Å². The average molecular weight is 300 g/mol. The number of hydrogen-bond acceptors (Lipinski definition) is 2. The highest BCUT2D eigenvalue weighted by atomic mass is 19.1. The van der Waals surface area contributed by atoms with E-state index in [-0.39, 0.29) is 12.4 Å². The number of halogens is 1. The van der Waals surface area contributed by atoms with Gasteiger partial charge < -0.3 is 10.6 Å². The molecule has 2 N–H and O–H groups in total. The van der Waals surface area contributed by atoms with Gasteiger partial charge in [0, 0.05) is 12.2 Å². The van der Waals surface area contributed by atoms with Crippen LogP contribution in [0.4, 0.5) is 10.1 Å². The van der Waals surface area contributed by atoms with Gasteiger partial charge in [-0.25, -0.2) is 4.39 Å². The third kappa shape index (κ3) is 3.91. The van der Waals surface area contributed by atoms with Crippen molar-refractivity contribution >= 4 is 17.5 Å². The van der Waals surface area contributed by atoms with Gasteiger partial charge in [0.15, 0.2) is 0 Å². The van der Waals surface area contributed by atoms with Gasteiger partial charge in [0.2, 0.25) is 0 Å². The zero-order chi connectivity index (χ0) is 16.1. The van der Waals surface area contributed by atoms with Crippen molar-refractivity contribution in [2.75, 3.05) is 5.32 Å². The molecule has 0 aliphatic rings. The van der Waals surface area contributed by atoms with E-state index in [4.69, 9.17) is 0 Å². The molecule has 0 heterocycles. The largest absolute Gasteiger partial charge is 0.344 e. The van der Waals surface area contributed by atoms with Crippen LogP contribution in [0.25, 0.3) is 0 Å². The van der Waals surface area contributed by atoms with Crippen molar-refractivity contribution in [1.82, 2.24) is 5.32 Å². The molecule has 0 aliphatic carbocycles. The Kier molecular flexibility index (Phi) is 4.88. The van der Waals surface area contributed by atoms with Crippen molar-refractivity contribution in [2.45, 2.75) is 20.4 Å². The molecule has 5 heteroatoms. The molecule has 0 aliphatic heterocycles. The van der Waals surface area contributed by atoms with Crippen LogP contribution >= 0.6 is 0 Å². The number of amides is 2. The monoisotopic (exact) mass is 300 g/mol. The lowest BCUT2D eigenvalue weighted by molar-refractivity contribution is -0.136. The van der Waals surface area contributed by atoms with E-state index in [2.05, 4.69) is 10.6 Å². The van der Waals surface area contributed by atoms with Crippen LogP contribution in [-0.2, 0) is 16.1 Å². The molecule has 0 saturated carbocycles. The Labute approximate surface area is 128 Å². The second-order valence-electron chi connectivity index (χ2n) is 5.03. The van der Waals surface area contributed by atoms with Crippen LogP contribution in [0, 0.1) is 19.7 Å². The number of anilines is 1. The minimum atomic E-state index is -0.730. The number of carbonyl (C=O) groups is 2. The molecule has 2 aromatic rings. The molecule has 0 bridgehead atoms. The highest BCUT2D eigenvalue weighted by molar-refractivity contribution is 6.39. The Balaban J connectivity index is 1.95. The van der Waals surface area contributed by atoms with Gasteiger partial charge in [-0.05, 0) is 42.7 Å². The summed E-state index contributed by atoms with van der Waals surface area (Å²) < 4.78 is 12.8. The summed E-state index contributed by atoms with van der Waals surface area (Å²) in [6, 6.07) is 11.3. The molecule has 2 rings (SSSR count). The smallest absolute Gasteiger partial charge is 0.313 e. The summed E-state index contributed by atoms with van der Waals surface area (Å²) in [5.74, 6) is -1.80. The first-order valence-corrected chi connectivity index (χ1v) is 6.87. The van der Waals surface area contributed by atoms with Gasteiger partial charge in [-0.1, -0.05) is 30.3 Å². The fourth-order valence-corrected chi connectivity index (χ4v) is 2.05. The van der Waals surface area contributed by atoms with Crippen molar-refractivity contribution in [2.24, 2.45) is 0 Å². The van der Waals surface area contributed by atoms with Gasteiger partial charge >= 0.3 is 11.8 Å². The van der Waals surface area contributed by atoms with Crippen LogP contribution in [0.1, 0.15) is 16.7 Å². The molecule has 0 spiro atoms. The zero-order valence-corrected chi connectivity index (χ0v) is 12.4. The van der Waals surface area contributed by atoms with Crippen molar-refractivity contribution in [3.63, 3.8) is 0 Å². The Morgan fingerprint density at radius 1 is 0.955 bits per heavy atom. The molecule has 0 atom stereocenters. The molecule has 4 nitrogen and oxygen atoms in total. The predicted molar refractivity (Wildman–Crippen MR) is 82.8 cm³/mol. The zero-order valence-electron chi connectivity index (χ0n) is 12.4. The number of rotatable bonds is 3. The molecular weight excluding hydrogens is 283 g/mol. The lowest BCUT2D eigenvalue weighted by Gasteiger charge is -2.11. The maximum Gasteiger partial charge on any atom is 0.313 e. The van der Waals surface area contributed by atoms with Crippen LogP contribution < -0.4 is 10.6 Å². The van der Waals surface area contributed by atoms with E-state index >= 15 is 0 Å². The lowest BCUT2D eigenvalue weighted by atomic mass is 10.1. The van der Waals surface area contributed by atoms with Gasteiger partial charge in [0.1, 0.15) is 5.82 Å². The summed E-state index contributed by atoms with van der Waals surface area (Å²) in [6.45, 7) is 3.89. The standard InChI is InChI=1S/C17H17FN2O2/c1-11-4-3-5-12(2)15(11)20-17(22)16(21)19-10-13-6-8-14(18)9-7-13/h3-9H,10H2,1-2H3,(H,19,21)(H,20,22). The number of nitrogens with one attached hydrogen (secondary N) is 2. The van der Waals surface area contributed by atoms with Crippen LogP contribution in [0.2, 0.25) is 0 Å². The Morgan fingerprint density at radius 2 is 1.55 bits per heavy atom. The number of benzene rings is 2. The molecular formula is C17H17FN2O2. The van der Waals surface area contributed by atoms with Crippen molar-refractivity contribution in [1.29, 1.82) is 0 Å². The maximum absolute atomic E-state index is 12.8. The summed E-state index contributed by atoms with van der Waals surface area (Å²) in [6.07, 6.45) is 0. The van der Waals surface area contributed by atoms with E-state index in [0.717, 1.165) is 16.7 Å². The van der Waals surface area contributed by atoms with E-state index in [9.17, 15) is 14.0 Å². The predicted octanol–water partition coefficient (Wildman–Crippen LogP) is 2.70. The summed E-state index contributed by atoms with van der Waals surface area (Å²) in [4.78, 5) is 23.7. The topological polar surface area (TPSA) is 58.2 Å². The second kappa shape index (κ2) is 6.85. The van der Waals surface area contributed by atoms with Crippen molar-refractivity contribution in [3.8, 4) is 0 Å². The third-order valence-corrected chi connectivity index (χ3v) is 3.29. The highest BCUT2D eigenvalue weighted by Crippen LogP contribution is 2.19. The fourth-order valence-electron chi connectivity index (χ4n) is 2.05. The normalized spacial score (nSPS) is 10.1. The second-order valence-corrected chi connectivity index (χ2v) is 5.03. The molecule has 114 valence electrons. The third-order valence-electron chi connectivity index (χ3n) is 3.29. The summed E-state index contributed by atoms with van der Waals surface area (Å²) >= 11 is 0. The van der Waals surface area contributed by atoms with E-state index < -0.39 is 11.8 Å². The van der Waals surface area contributed by atoms with Gasteiger partial charge in [0.05, 0.1) is 0 Å². The first-order chi connectivity index (χ1) is 10.5. The van der Waals surface area contributed by atoms with Crippen LogP contribution in [0.3, 0.4) is 0 Å². The Bertz CT molecular complexity index is 676. The first-order valence-electron chi connectivity index (χ1n) is 6.87. The SMILES string of the molecule is Cc1cccc(C)c1NC(=O)C(=O)NCc1ccc(F)cc1. The summed E-state index contributed by atoms with van der Waals surface area (Å²) in [7, 11) is 0. The molecule has 2 amide bonds. The fraction of sp³-hybridized carbons (Fsp3) is 0.176. The van der Waals surface area contributed by atoms with Crippen LogP contribution in [0.5, 0.6) is 0 Å². The number of para-hydroxylation sites is 1. The summed E-state index contributed by atoms with van der Waals surface area (Å²) in [5, 5.41) is 5.12. The summed E-state index contributed by atoms with van der Waals surface area (Å²) in [5.41, 5.74) is 3.14. The minimum Gasteiger partial charge on any atom is -0.344 e. The van der Waals surface area contributed by atoms with Crippen molar-refractivity contribution in [3.05, 3.63) is 65.0 Å². The number of aryl methyl sites for hydroxylation is 2. The Morgan fingerprint density at radius 3 is 2.14 bits per heavy atom. The molecule has 0 saturated heterocycles. The van der Waals surface area contributed by atoms with Gasteiger partial charge in [-0.15, -0.1) is 0 Å². The van der Waals surface area contributed by atoms with Crippen LogP contribution in [-0.4, -0.2) is 11.8 Å². The molecule has 0 radical (unpaired) electrons.